The Kier molecular flexibility index (Phi) is 4.96. The lowest BCUT2D eigenvalue weighted by Gasteiger charge is -2.37. The van der Waals surface area contributed by atoms with Crippen molar-refractivity contribution in [2.75, 3.05) is 0 Å². The molecule has 2 aromatic rings. The number of halogens is 1. The third-order valence-electron chi connectivity index (χ3n) is 4.38. The number of H-pyrrole nitrogens is 1. The lowest BCUT2D eigenvalue weighted by molar-refractivity contribution is -0.110. The van der Waals surface area contributed by atoms with Crippen LogP contribution in [0.4, 0.5) is 4.39 Å². The number of aromatic nitrogens is 2. The number of nitrogens with zero attached hydrogens (tertiary/aromatic N) is 1. The first-order valence-electron chi connectivity index (χ1n) is 7.44. The van der Waals surface area contributed by atoms with E-state index in [0.717, 1.165) is 11.8 Å². The number of nitrogens with one attached hydrogen (secondary N) is 1. The highest BCUT2D eigenvalue weighted by Crippen LogP contribution is 2.33. The minimum atomic E-state index is -0.606. The summed E-state index contributed by atoms with van der Waals surface area (Å²) in [6.45, 7) is 3.99. The maximum Gasteiger partial charge on any atom is 0.326 e. The van der Waals surface area contributed by atoms with Gasteiger partial charge in [-0.15, -0.1) is 0 Å². The van der Waals surface area contributed by atoms with Crippen molar-refractivity contribution < 1.29 is 9.18 Å². The Labute approximate surface area is 129 Å². The van der Waals surface area contributed by atoms with Gasteiger partial charge in [0.15, 0.2) is 0 Å². The molecule has 1 N–H and O–H groups in total. The largest absolute Gasteiger partial charge is 0.326 e. The van der Waals surface area contributed by atoms with Gasteiger partial charge in [-0.1, -0.05) is 26.0 Å². The Morgan fingerprint density at radius 2 is 2.18 bits per heavy atom. The number of carbonyl (C=O) groups is 1. The zero-order valence-electron chi connectivity index (χ0n) is 12.9. The number of hydrogen-bond donors (Lipinski definition) is 1. The highest BCUT2D eigenvalue weighted by molar-refractivity contribution is 5.51. The van der Waals surface area contributed by atoms with Crippen LogP contribution in [-0.4, -0.2) is 15.8 Å². The van der Waals surface area contributed by atoms with E-state index in [1.807, 2.05) is 19.9 Å². The van der Waals surface area contributed by atoms with Crippen LogP contribution in [0.2, 0.25) is 0 Å². The van der Waals surface area contributed by atoms with Crippen molar-refractivity contribution in [3.05, 3.63) is 58.5 Å². The zero-order valence-corrected chi connectivity index (χ0v) is 12.9. The van der Waals surface area contributed by atoms with Gasteiger partial charge in [0.1, 0.15) is 12.1 Å². The standard InChI is InChI=1S/C17H21FN2O2/c1-13(2)17(8-11-21,20-10-9-19-16(20)22)7-6-14-4-3-5-15(18)12-14/h3-5,9-13H,6-8H2,1-2H3,(H,19,22). The second kappa shape index (κ2) is 6.73. The molecule has 0 fully saturated rings. The van der Waals surface area contributed by atoms with Gasteiger partial charge in [-0.05, 0) is 36.5 Å². The molecule has 1 heterocycles. The highest BCUT2D eigenvalue weighted by atomic mass is 19.1. The average Bonchev–Trinajstić information content (AvgIpc) is 2.90. The second-order valence-electron chi connectivity index (χ2n) is 5.89. The Morgan fingerprint density at radius 1 is 1.41 bits per heavy atom. The third-order valence-corrected chi connectivity index (χ3v) is 4.38. The summed E-state index contributed by atoms with van der Waals surface area (Å²) in [5, 5.41) is 0. The van der Waals surface area contributed by atoms with Gasteiger partial charge in [0.25, 0.3) is 0 Å². The van der Waals surface area contributed by atoms with Crippen LogP contribution in [0.15, 0.2) is 41.5 Å². The molecule has 0 saturated carbocycles. The van der Waals surface area contributed by atoms with Crippen LogP contribution in [0.25, 0.3) is 0 Å². The fourth-order valence-corrected chi connectivity index (χ4v) is 2.99. The smallest absolute Gasteiger partial charge is 0.313 e. The molecule has 0 aliphatic rings. The van der Waals surface area contributed by atoms with E-state index in [2.05, 4.69) is 4.98 Å². The van der Waals surface area contributed by atoms with Crippen molar-refractivity contribution >= 4 is 6.29 Å². The molecule has 4 nitrogen and oxygen atoms in total. The van der Waals surface area contributed by atoms with Crippen LogP contribution < -0.4 is 5.69 Å². The molecular formula is C17H21FN2O2. The summed E-state index contributed by atoms with van der Waals surface area (Å²) in [6, 6.07) is 6.42. The Bertz CT molecular complexity index is 690. The molecule has 0 aliphatic carbocycles. The molecule has 1 atom stereocenters. The molecule has 1 aromatic heterocycles. The fourth-order valence-electron chi connectivity index (χ4n) is 2.99. The van der Waals surface area contributed by atoms with E-state index in [1.165, 1.54) is 12.1 Å². The first kappa shape index (κ1) is 16.2. The van der Waals surface area contributed by atoms with Gasteiger partial charge < -0.3 is 9.78 Å². The molecule has 0 spiro atoms. The zero-order chi connectivity index (χ0) is 16.2. The van der Waals surface area contributed by atoms with Gasteiger partial charge in [0.05, 0.1) is 5.54 Å². The van der Waals surface area contributed by atoms with Gasteiger partial charge >= 0.3 is 5.69 Å². The Morgan fingerprint density at radius 3 is 2.73 bits per heavy atom. The van der Waals surface area contributed by atoms with Gasteiger partial charge in [-0.3, -0.25) is 4.57 Å². The fraction of sp³-hybridized carbons (Fsp3) is 0.412. The summed E-state index contributed by atoms with van der Waals surface area (Å²) >= 11 is 0. The molecule has 0 aliphatic heterocycles. The van der Waals surface area contributed by atoms with Crippen molar-refractivity contribution in [3.8, 4) is 0 Å². The van der Waals surface area contributed by atoms with Gasteiger partial charge in [-0.2, -0.15) is 0 Å². The normalized spacial score (nSPS) is 14.0. The first-order valence-corrected chi connectivity index (χ1v) is 7.44. The Balaban J connectivity index is 2.34. The summed E-state index contributed by atoms with van der Waals surface area (Å²) in [7, 11) is 0. The van der Waals surface area contributed by atoms with Crippen molar-refractivity contribution in [3.63, 3.8) is 0 Å². The van der Waals surface area contributed by atoms with E-state index >= 15 is 0 Å². The predicted molar refractivity (Wildman–Crippen MR) is 83.3 cm³/mol. The quantitative estimate of drug-likeness (QED) is 0.800. The topological polar surface area (TPSA) is 54.9 Å². The lowest BCUT2D eigenvalue weighted by atomic mass is 9.78. The van der Waals surface area contributed by atoms with Gasteiger partial charge in [0, 0.05) is 18.8 Å². The number of benzene rings is 1. The number of rotatable bonds is 7. The molecule has 1 aromatic carbocycles. The second-order valence-corrected chi connectivity index (χ2v) is 5.89. The number of aryl methyl sites for hydroxylation is 1. The molecular weight excluding hydrogens is 283 g/mol. The maximum absolute atomic E-state index is 13.3. The minimum Gasteiger partial charge on any atom is -0.313 e. The van der Waals surface area contributed by atoms with E-state index in [-0.39, 0.29) is 23.8 Å². The molecule has 0 bridgehead atoms. The molecule has 2 rings (SSSR count). The summed E-state index contributed by atoms with van der Waals surface area (Å²) in [6.07, 6.45) is 5.54. The number of aldehydes is 1. The summed E-state index contributed by atoms with van der Waals surface area (Å²) < 4.78 is 14.9. The van der Waals surface area contributed by atoms with Crippen molar-refractivity contribution in [2.24, 2.45) is 5.92 Å². The monoisotopic (exact) mass is 304 g/mol. The van der Waals surface area contributed by atoms with Gasteiger partial charge in [-0.25, -0.2) is 9.18 Å². The van der Waals surface area contributed by atoms with Crippen LogP contribution in [0.5, 0.6) is 0 Å². The van der Waals surface area contributed by atoms with Crippen LogP contribution in [0, 0.1) is 11.7 Å². The van der Waals surface area contributed by atoms with E-state index < -0.39 is 5.54 Å². The highest BCUT2D eigenvalue weighted by Gasteiger charge is 2.36. The molecule has 1 unspecified atom stereocenters. The van der Waals surface area contributed by atoms with E-state index in [9.17, 15) is 14.0 Å². The lowest BCUT2D eigenvalue weighted by Crippen LogP contribution is -2.44. The van der Waals surface area contributed by atoms with Crippen LogP contribution in [0.3, 0.4) is 0 Å². The Hall–Kier alpha value is -2.17. The number of hydrogen-bond acceptors (Lipinski definition) is 2. The molecule has 0 amide bonds. The SMILES string of the molecule is CC(C)C(CC=O)(CCc1cccc(F)c1)n1cc[nH]c1=O. The molecule has 22 heavy (non-hydrogen) atoms. The van der Waals surface area contributed by atoms with E-state index in [0.29, 0.717) is 12.8 Å². The number of imidazole rings is 1. The summed E-state index contributed by atoms with van der Waals surface area (Å²) in [5.74, 6) is -0.193. The molecule has 5 heteroatoms. The minimum absolute atomic E-state index is 0.0831. The average molecular weight is 304 g/mol. The van der Waals surface area contributed by atoms with Gasteiger partial charge in [0.2, 0.25) is 0 Å². The first-order chi connectivity index (χ1) is 10.5. The van der Waals surface area contributed by atoms with Crippen LogP contribution >= 0.6 is 0 Å². The summed E-state index contributed by atoms with van der Waals surface area (Å²) in [4.78, 5) is 25.9. The summed E-state index contributed by atoms with van der Waals surface area (Å²) in [5.41, 5.74) is 0.0276. The predicted octanol–water partition coefficient (Wildman–Crippen LogP) is 2.89. The van der Waals surface area contributed by atoms with Crippen LogP contribution in [0.1, 0.15) is 32.3 Å². The van der Waals surface area contributed by atoms with E-state index in [4.69, 9.17) is 0 Å². The van der Waals surface area contributed by atoms with Crippen molar-refractivity contribution in [1.82, 2.24) is 9.55 Å². The molecule has 118 valence electrons. The molecule has 0 saturated heterocycles. The number of aromatic amines is 1. The number of carbonyl (C=O) groups excluding carboxylic acids is 1. The van der Waals surface area contributed by atoms with Crippen molar-refractivity contribution in [1.29, 1.82) is 0 Å². The molecule has 0 radical (unpaired) electrons. The van der Waals surface area contributed by atoms with Crippen LogP contribution in [-0.2, 0) is 16.8 Å². The van der Waals surface area contributed by atoms with Crippen molar-refractivity contribution in [2.45, 2.75) is 38.6 Å². The van der Waals surface area contributed by atoms with E-state index in [1.54, 1.807) is 23.0 Å². The maximum atomic E-state index is 13.3. The third kappa shape index (κ3) is 3.18.